The summed E-state index contributed by atoms with van der Waals surface area (Å²) in [5.74, 6) is 1.75. The lowest BCUT2D eigenvalue weighted by Crippen LogP contribution is -2.34. The zero-order valence-corrected chi connectivity index (χ0v) is 10.7. The van der Waals surface area contributed by atoms with Crippen molar-refractivity contribution in [3.63, 3.8) is 0 Å². The van der Waals surface area contributed by atoms with Crippen molar-refractivity contribution in [1.82, 2.24) is 4.90 Å². The minimum Gasteiger partial charge on any atom is -0.302 e. The van der Waals surface area contributed by atoms with Crippen molar-refractivity contribution in [2.24, 2.45) is 0 Å². The average Bonchev–Trinajstić information content (AvgIpc) is 2.26. The van der Waals surface area contributed by atoms with Gasteiger partial charge in [0.25, 0.3) is 0 Å². The minimum absolute atomic E-state index is 0.450. The van der Waals surface area contributed by atoms with E-state index in [-0.39, 0.29) is 0 Å². The zero-order valence-electron chi connectivity index (χ0n) is 9.83. The minimum atomic E-state index is 0.450. The molecule has 0 spiro atoms. The first-order valence-electron chi connectivity index (χ1n) is 6.06. The number of likely N-dealkylation sites (tertiary alicyclic amines) is 1. The summed E-state index contributed by atoms with van der Waals surface area (Å²) in [6.45, 7) is 3.21. The van der Waals surface area contributed by atoms with Gasteiger partial charge in [0, 0.05) is 25.9 Å². The predicted molar refractivity (Wildman–Crippen MR) is 67.5 cm³/mol. The van der Waals surface area contributed by atoms with Crippen molar-refractivity contribution in [3.05, 3.63) is 0 Å². The molecule has 0 radical (unpaired) electrons. The van der Waals surface area contributed by atoms with E-state index in [0.717, 1.165) is 25.9 Å². The van der Waals surface area contributed by atoms with Crippen molar-refractivity contribution in [2.45, 2.75) is 38.5 Å². The van der Waals surface area contributed by atoms with Gasteiger partial charge in [-0.05, 0) is 31.4 Å². The SMILES string of the molecule is CSCCCCCCN1CCC(=O)CC1. The molecule has 0 aromatic carbocycles. The lowest BCUT2D eigenvalue weighted by Gasteiger charge is -2.25. The fourth-order valence-corrected chi connectivity index (χ4v) is 2.45. The van der Waals surface area contributed by atoms with Crippen LogP contribution in [0.15, 0.2) is 0 Å². The van der Waals surface area contributed by atoms with Crippen molar-refractivity contribution in [2.75, 3.05) is 31.6 Å². The molecule has 1 heterocycles. The molecule has 0 aromatic heterocycles. The summed E-state index contributed by atoms with van der Waals surface area (Å²) < 4.78 is 0. The van der Waals surface area contributed by atoms with Crippen LogP contribution in [0.1, 0.15) is 38.5 Å². The summed E-state index contributed by atoms with van der Waals surface area (Å²) in [6.07, 6.45) is 9.13. The van der Waals surface area contributed by atoms with Crippen molar-refractivity contribution in [1.29, 1.82) is 0 Å². The van der Waals surface area contributed by atoms with E-state index in [2.05, 4.69) is 11.2 Å². The van der Waals surface area contributed by atoms with Gasteiger partial charge in [-0.2, -0.15) is 11.8 Å². The smallest absolute Gasteiger partial charge is 0.135 e. The normalized spacial score (nSPS) is 18.3. The van der Waals surface area contributed by atoms with E-state index in [1.165, 1.54) is 38.0 Å². The largest absolute Gasteiger partial charge is 0.302 e. The van der Waals surface area contributed by atoms with E-state index >= 15 is 0 Å². The summed E-state index contributed by atoms with van der Waals surface area (Å²) in [5.41, 5.74) is 0. The summed E-state index contributed by atoms with van der Waals surface area (Å²) >= 11 is 1.94. The third kappa shape index (κ3) is 6.21. The molecule has 88 valence electrons. The van der Waals surface area contributed by atoms with Crippen LogP contribution in [0.4, 0.5) is 0 Å². The molecule has 0 bridgehead atoms. The van der Waals surface area contributed by atoms with Crippen LogP contribution in [0.25, 0.3) is 0 Å². The maximum atomic E-state index is 11.0. The Balaban J connectivity index is 1.89. The van der Waals surface area contributed by atoms with E-state index in [1.54, 1.807) is 0 Å². The maximum Gasteiger partial charge on any atom is 0.135 e. The summed E-state index contributed by atoms with van der Waals surface area (Å²) in [6, 6.07) is 0. The highest BCUT2D eigenvalue weighted by atomic mass is 32.2. The fraction of sp³-hybridized carbons (Fsp3) is 0.917. The fourth-order valence-electron chi connectivity index (χ4n) is 1.96. The lowest BCUT2D eigenvalue weighted by atomic mass is 10.1. The Kier molecular flexibility index (Phi) is 7.11. The Morgan fingerprint density at radius 1 is 1.13 bits per heavy atom. The van der Waals surface area contributed by atoms with Crippen molar-refractivity contribution < 1.29 is 4.79 Å². The highest BCUT2D eigenvalue weighted by Crippen LogP contribution is 2.09. The van der Waals surface area contributed by atoms with Crippen LogP contribution in [0.2, 0.25) is 0 Å². The number of unbranched alkanes of at least 4 members (excludes halogenated alkanes) is 3. The molecule has 1 saturated heterocycles. The number of thioether (sulfide) groups is 1. The van der Waals surface area contributed by atoms with Crippen LogP contribution in [-0.4, -0.2) is 42.3 Å². The number of piperidine rings is 1. The second-order valence-corrected chi connectivity index (χ2v) is 5.27. The summed E-state index contributed by atoms with van der Waals surface area (Å²) in [5, 5.41) is 0. The van der Waals surface area contributed by atoms with Gasteiger partial charge < -0.3 is 4.90 Å². The van der Waals surface area contributed by atoms with Crippen LogP contribution in [0.5, 0.6) is 0 Å². The van der Waals surface area contributed by atoms with Gasteiger partial charge >= 0.3 is 0 Å². The molecule has 0 saturated carbocycles. The molecule has 1 fully saturated rings. The molecule has 0 aliphatic carbocycles. The van der Waals surface area contributed by atoms with Gasteiger partial charge in [0.2, 0.25) is 0 Å². The molecule has 15 heavy (non-hydrogen) atoms. The van der Waals surface area contributed by atoms with Gasteiger partial charge in [-0.25, -0.2) is 0 Å². The number of hydrogen-bond acceptors (Lipinski definition) is 3. The molecule has 1 aliphatic rings. The summed E-state index contributed by atoms with van der Waals surface area (Å²) in [7, 11) is 0. The van der Waals surface area contributed by atoms with Gasteiger partial charge in [0.1, 0.15) is 5.78 Å². The van der Waals surface area contributed by atoms with Crippen LogP contribution < -0.4 is 0 Å². The molecule has 0 atom stereocenters. The van der Waals surface area contributed by atoms with Crippen molar-refractivity contribution >= 4 is 17.5 Å². The zero-order chi connectivity index (χ0) is 10.9. The second kappa shape index (κ2) is 8.17. The number of carbonyl (C=O) groups excluding carboxylic acids is 1. The first-order valence-corrected chi connectivity index (χ1v) is 7.45. The number of nitrogens with zero attached hydrogens (tertiary/aromatic N) is 1. The lowest BCUT2D eigenvalue weighted by molar-refractivity contribution is -0.121. The van der Waals surface area contributed by atoms with E-state index in [9.17, 15) is 4.79 Å². The Bertz CT molecular complexity index is 174. The highest BCUT2D eigenvalue weighted by molar-refractivity contribution is 7.98. The average molecular weight is 229 g/mol. The number of ketones is 1. The van der Waals surface area contributed by atoms with Gasteiger partial charge in [-0.3, -0.25) is 4.79 Å². The van der Waals surface area contributed by atoms with Crippen LogP contribution in [0, 0.1) is 0 Å². The molecule has 0 amide bonds. The van der Waals surface area contributed by atoms with Crippen LogP contribution in [-0.2, 0) is 4.79 Å². The Morgan fingerprint density at radius 2 is 1.80 bits per heavy atom. The first kappa shape index (κ1) is 13.0. The molecule has 1 rings (SSSR count). The van der Waals surface area contributed by atoms with Gasteiger partial charge in [0.05, 0.1) is 0 Å². The molecular formula is C12H23NOS. The molecule has 2 nitrogen and oxygen atoms in total. The molecular weight excluding hydrogens is 206 g/mol. The van der Waals surface area contributed by atoms with E-state index in [0.29, 0.717) is 5.78 Å². The first-order chi connectivity index (χ1) is 7.33. The second-order valence-electron chi connectivity index (χ2n) is 4.29. The topological polar surface area (TPSA) is 20.3 Å². The summed E-state index contributed by atoms with van der Waals surface area (Å²) in [4.78, 5) is 13.5. The molecule has 1 aliphatic heterocycles. The maximum absolute atomic E-state index is 11.0. The quantitative estimate of drug-likeness (QED) is 0.626. The number of carbonyl (C=O) groups is 1. The number of hydrogen-bond donors (Lipinski definition) is 0. The third-order valence-corrected chi connectivity index (χ3v) is 3.68. The predicted octanol–water partition coefficient (Wildman–Crippen LogP) is 2.57. The Labute approximate surface area is 97.8 Å². The van der Waals surface area contributed by atoms with Gasteiger partial charge in [-0.1, -0.05) is 12.8 Å². The highest BCUT2D eigenvalue weighted by Gasteiger charge is 2.14. The van der Waals surface area contributed by atoms with E-state index in [1.807, 2.05) is 11.8 Å². The standard InChI is InChI=1S/C12H23NOS/c1-15-11-5-3-2-4-8-13-9-6-12(14)7-10-13/h2-11H2,1H3. The van der Waals surface area contributed by atoms with Gasteiger partial charge in [-0.15, -0.1) is 0 Å². The number of rotatable bonds is 7. The third-order valence-electron chi connectivity index (χ3n) is 2.99. The van der Waals surface area contributed by atoms with Gasteiger partial charge in [0.15, 0.2) is 0 Å². The monoisotopic (exact) mass is 229 g/mol. The van der Waals surface area contributed by atoms with Crippen LogP contribution in [0.3, 0.4) is 0 Å². The molecule has 0 N–H and O–H groups in total. The Hall–Kier alpha value is -0.0200. The Morgan fingerprint density at radius 3 is 2.47 bits per heavy atom. The molecule has 3 heteroatoms. The van der Waals surface area contributed by atoms with Crippen LogP contribution >= 0.6 is 11.8 Å². The van der Waals surface area contributed by atoms with Crippen molar-refractivity contribution in [3.8, 4) is 0 Å². The molecule has 0 aromatic rings. The number of Topliss-reactive ketones (excluding diaryl/α,β-unsaturated/α-hetero) is 1. The van der Waals surface area contributed by atoms with E-state index < -0.39 is 0 Å². The van der Waals surface area contributed by atoms with E-state index in [4.69, 9.17) is 0 Å². The molecule has 0 unspecified atom stereocenters.